The van der Waals surface area contributed by atoms with Gasteiger partial charge in [0.15, 0.2) is 0 Å². The van der Waals surface area contributed by atoms with Crippen LogP contribution in [-0.4, -0.2) is 29.2 Å². The zero-order chi connectivity index (χ0) is 21.8. The van der Waals surface area contributed by atoms with E-state index < -0.39 is 5.97 Å². The number of ether oxygens (including phenoxy) is 2. The molecule has 1 amide bonds. The smallest absolute Gasteiger partial charge is 0.338 e. The van der Waals surface area contributed by atoms with Gasteiger partial charge in [0.05, 0.1) is 18.3 Å². The topological polar surface area (TPSA) is 69.6 Å². The molecular weight excluding hydrogens is 380 g/mol. The van der Waals surface area contributed by atoms with Gasteiger partial charge in [-0.25, -0.2) is 4.79 Å². The zero-order valence-electron chi connectivity index (χ0n) is 18.1. The minimum Gasteiger partial charge on any atom is -0.494 e. The monoisotopic (exact) mass is 408 g/mol. The van der Waals surface area contributed by atoms with E-state index >= 15 is 0 Å². The first-order valence-electron chi connectivity index (χ1n) is 10.2. The van der Waals surface area contributed by atoms with Crippen LogP contribution in [0.25, 0.3) is 10.9 Å². The SMILES string of the molecule is CCOc1ccc2c(c1)c(C)c(C(=O)Nc1cccc(C(=O)OC(C)C)c1)n2CC. The average molecular weight is 408 g/mol. The summed E-state index contributed by atoms with van der Waals surface area (Å²) in [6.45, 7) is 10.7. The van der Waals surface area contributed by atoms with E-state index in [0.29, 0.717) is 30.1 Å². The van der Waals surface area contributed by atoms with Crippen LogP contribution in [0.3, 0.4) is 0 Å². The van der Waals surface area contributed by atoms with Gasteiger partial charge in [-0.05, 0) is 76.6 Å². The Bertz CT molecular complexity index is 1080. The quantitative estimate of drug-likeness (QED) is 0.547. The lowest BCUT2D eigenvalue weighted by Crippen LogP contribution is -2.18. The molecule has 0 saturated heterocycles. The number of benzene rings is 2. The number of hydrogen-bond donors (Lipinski definition) is 1. The first-order valence-corrected chi connectivity index (χ1v) is 10.2. The molecule has 1 heterocycles. The molecule has 3 aromatic rings. The summed E-state index contributed by atoms with van der Waals surface area (Å²) in [4.78, 5) is 25.3. The van der Waals surface area contributed by atoms with Gasteiger partial charge in [-0.1, -0.05) is 6.07 Å². The van der Waals surface area contributed by atoms with Crippen LogP contribution in [0.15, 0.2) is 42.5 Å². The number of amides is 1. The molecule has 0 bridgehead atoms. The van der Waals surface area contributed by atoms with Crippen molar-refractivity contribution in [2.24, 2.45) is 0 Å². The molecule has 158 valence electrons. The molecule has 2 aromatic carbocycles. The number of esters is 1. The number of aromatic nitrogens is 1. The molecule has 6 nitrogen and oxygen atoms in total. The Hall–Kier alpha value is -3.28. The van der Waals surface area contributed by atoms with Crippen LogP contribution < -0.4 is 10.1 Å². The largest absolute Gasteiger partial charge is 0.494 e. The maximum absolute atomic E-state index is 13.2. The number of hydrogen-bond acceptors (Lipinski definition) is 4. The number of nitrogens with zero attached hydrogens (tertiary/aromatic N) is 1. The van der Waals surface area contributed by atoms with Gasteiger partial charge < -0.3 is 19.4 Å². The van der Waals surface area contributed by atoms with E-state index in [1.165, 1.54) is 0 Å². The molecule has 0 saturated carbocycles. The summed E-state index contributed by atoms with van der Waals surface area (Å²) < 4.78 is 12.8. The number of carbonyl (C=O) groups is 2. The minimum atomic E-state index is -0.414. The lowest BCUT2D eigenvalue weighted by molar-refractivity contribution is 0.0377. The number of aryl methyl sites for hydroxylation is 2. The van der Waals surface area contributed by atoms with Crippen molar-refractivity contribution in [2.45, 2.75) is 47.3 Å². The maximum atomic E-state index is 13.2. The fraction of sp³-hybridized carbons (Fsp3) is 0.333. The Morgan fingerprint density at radius 1 is 1.10 bits per heavy atom. The van der Waals surface area contributed by atoms with Crippen LogP contribution in [0.1, 0.15) is 54.1 Å². The van der Waals surface area contributed by atoms with Crippen LogP contribution >= 0.6 is 0 Å². The number of rotatable bonds is 7. The van der Waals surface area contributed by atoms with Crippen LogP contribution in [0.4, 0.5) is 5.69 Å². The van der Waals surface area contributed by atoms with E-state index in [1.807, 2.05) is 43.5 Å². The van der Waals surface area contributed by atoms with Gasteiger partial charge in [0, 0.05) is 23.1 Å². The van der Waals surface area contributed by atoms with Crippen molar-refractivity contribution in [3.05, 3.63) is 59.3 Å². The highest BCUT2D eigenvalue weighted by Crippen LogP contribution is 2.30. The molecule has 0 fully saturated rings. The van der Waals surface area contributed by atoms with Gasteiger partial charge in [-0.2, -0.15) is 0 Å². The summed E-state index contributed by atoms with van der Waals surface area (Å²) in [5.74, 6) is 0.144. The van der Waals surface area contributed by atoms with Crippen molar-refractivity contribution in [1.82, 2.24) is 4.57 Å². The van der Waals surface area contributed by atoms with Crippen LogP contribution in [-0.2, 0) is 11.3 Å². The third-order valence-corrected chi connectivity index (χ3v) is 4.83. The van der Waals surface area contributed by atoms with Gasteiger partial charge in [-0.15, -0.1) is 0 Å². The summed E-state index contributed by atoms with van der Waals surface area (Å²) in [5.41, 5.74) is 3.41. The van der Waals surface area contributed by atoms with E-state index in [-0.39, 0.29) is 12.0 Å². The second kappa shape index (κ2) is 9.03. The summed E-state index contributed by atoms with van der Waals surface area (Å²) in [5, 5.41) is 3.91. The fourth-order valence-electron chi connectivity index (χ4n) is 3.58. The molecule has 1 aromatic heterocycles. The lowest BCUT2D eigenvalue weighted by atomic mass is 10.1. The highest BCUT2D eigenvalue weighted by Gasteiger charge is 2.20. The molecule has 0 aliphatic rings. The minimum absolute atomic E-state index is 0.208. The van der Waals surface area contributed by atoms with Gasteiger partial charge in [-0.3, -0.25) is 4.79 Å². The van der Waals surface area contributed by atoms with E-state index in [4.69, 9.17) is 9.47 Å². The van der Waals surface area contributed by atoms with Crippen molar-refractivity contribution >= 4 is 28.5 Å². The second-order valence-electron chi connectivity index (χ2n) is 7.32. The van der Waals surface area contributed by atoms with Crippen LogP contribution in [0, 0.1) is 6.92 Å². The molecular formula is C24H28N2O4. The van der Waals surface area contributed by atoms with Gasteiger partial charge in [0.1, 0.15) is 11.4 Å². The van der Waals surface area contributed by atoms with Gasteiger partial charge in [0.2, 0.25) is 0 Å². The van der Waals surface area contributed by atoms with Gasteiger partial charge in [0.25, 0.3) is 5.91 Å². The van der Waals surface area contributed by atoms with Crippen LogP contribution in [0.5, 0.6) is 5.75 Å². The van der Waals surface area contributed by atoms with Crippen LogP contribution in [0.2, 0.25) is 0 Å². The molecule has 0 unspecified atom stereocenters. The molecule has 30 heavy (non-hydrogen) atoms. The first kappa shape index (κ1) is 21.4. The third-order valence-electron chi connectivity index (χ3n) is 4.83. The second-order valence-corrected chi connectivity index (χ2v) is 7.32. The molecule has 0 atom stereocenters. The van der Waals surface area contributed by atoms with Crippen molar-refractivity contribution in [3.63, 3.8) is 0 Å². The van der Waals surface area contributed by atoms with E-state index in [1.54, 1.807) is 38.1 Å². The molecule has 1 N–H and O–H groups in total. The Morgan fingerprint density at radius 2 is 1.87 bits per heavy atom. The Kier molecular flexibility index (Phi) is 6.45. The van der Waals surface area contributed by atoms with Crippen molar-refractivity contribution in [2.75, 3.05) is 11.9 Å². The summed E-state index contributed by atoms with van der Waals surface area (Å²) in [6, 6.07) is 12.7. The summed E-state index contributed by atoms with van der Waals surface area (Å²) >= 11 is 0. The molecule has 0 spiro atoms. The Morgan fingerprint density at radius 3 is 2.53 bits per heavy atom. The Balaban J connectivity index is 1.94. The average Bonchev–Trinajstić information content (AvgIpc) is 2.99. The van der Waals surface area contributed by atoms with Crippen molar-refractivity contribution < 1.29 is 19.1 Å². The number of carbonyl (C=O) groups excluding carboxylic acids is 2. The van der Waals surface area contributed by atoms with E-state index in [2.05, 4.69) is 5.32 Å². The third kappa shape index (κ3) is 4.32. The molecule has 0 aliphatic heterocycles. The summed E-state index contributed by atoms with van der Waals surface area (Å²) in [6.07, 6.45) is -0.208. The fourth-order valence-corrected chi connectivity index (χ4v) is 3.58. The number of anilines is 1. The Labute approximate surface area is 176 Å². The molecule has 6 heteroatoms. The number of nitrogens with one attached hydrogen (secondary N) is 1. The van der Waals surface area contributed by atoms with Crippen molar-refractivity contribution in [3.8, 4) is 5.75 Å². The highest BCUT2D eigenvalue weighted by atomic mass is 16.5. The van der Waals surface area contributed by atoms with Gasteiger partial charge >= 0.3 is 5.97 Å². The number of fused-ring (bicyclic) bond motifs is 1. The lowest BCUT2D eigenvalue weighted by Gasteiger charge is -2.12. The maximum Gasteiger partial charge on any atom is 0.338 e. The van der Waals surface area contributed by atoms with E-state index in [9.17, 15) is 9.59 Å². The normalized spacial score (nSPS) is 11.0. The molecule has 3 rings (SSSR count). The predicted molar refractivity (Wildman–Crippen MR) is 118 cm³/mol. The highest BCUT2D eigenvalue weighted by molar-refractivity contribution is 6.09. The predicted octanol–water partition coefficient (Wildman–Crippen LogP) is 5.19. The van der Waals surface area contributed by atoms with E-state index in [0.717, 1.165) is 22.2 Å². The van der Waals surface area contributed by atoms with Crippen molar-refractivity contribution in [1.29, 1.82) is 0 Å². The molecule has 0 radical (unpaired) electrons. The molecule has 0 aliphatic carbocycles. The standard InChI is InChI=1S/C24H28N2O4/c1-6-26-21-12-11-19(29-7-2)14-20(21)16(5)22(26)23(27)25-18-10-8-9-17(13-18)24(28)30-15(3)4/h8-15H,6-7H2,1-5H3,(H,25,27). The summed E-state index contributed by atoms with van der Waals surface area (Å²) in [7, 11) is 0. The zero-order valence-corrected chi connectivity index (χ0v) is 18.1. The first-order chi connectivity index (χ1) is 14.3.